The summed E-state index contributed by atoms with van der Waals surface area (Å²) in [5.41, 5.74) is 1.53. The molecule has 3 rings (SSSR count). The molecule has 3 aromatic rings. The fraction of sp³-hybridized carbons (Fsp3) is 0.364. The predicted octanol–water partition coefficient (Wildman–Crippen LogP) is 2.77. The van der Waals surface area contributed by atoms with Gasteiger partial charge in [0.25, 0.3) is 0 Å². The summed E-state index contributed by atoms with van der Waals surface area (Å²) in [5, 5.41) is 0.412. The van der Waals surface area contributed by atoms with Crippen LogP contribution in [0, 0.1) is 6.92 Å². The summed E-state index contributed by atoms with van der Waals surface area (Å²) < 4.78 is 49.8. The minimum atomic E-state index is -3.61. The molecule has 0 N–H and O–H groups in total. The zero-order chi connectivity index (χ0) is 24.4. The van der Waals surface area contributed by atoms with Crippen LogP contribution in [0.2, 0.25) is 0 Å². The van der Waals surface area contributed by atoms with Gasteiger partial charge in [0, 0.05) is 25.8 Å². The molecule has 0 bridgehead atoms. The molecule has 178 valence electrons. The summed E-state index contributed by atoms with van der Waals surface area (Å²) in [6.07, 6.45) is 0.950. The number of hydrogen-bond donors (Lipinski definition) is 0. The lowest BCUT2D eigenvalue weighted by molar-refractivity contribution is -0.118. The van der Waals surface area contributed by atoms with Crippen molar-refractivity contribution in [3.8, 4) is 0 Å². The van der Waals surface area contributed by atoms with Gasteiger partial charge in [-0.15, -0.1) is 0 Å². The van der Waals surface area contributed by atoms with E-state index in [1.54, 1.807) is 36.4 Å². The zero-order valence-electron chi connectivity index (χ0n) is 19.0. The first-order valence-corrected chi connectivity index (χ1v) is 14.6. The first-order chi connectivity index (χ1) is 15.4. The summed E-state index contributed by atoms with van der Waals surface area (Å²) in [4.78, 5) is 21.4. The molecular formula is C22H27N3O5S3. The number of aryl methyl sites for hydroxylation is 1. The molecule has 1 aromatic heterocycles. The van der Waals surface area contributed by atoms with E-state index in [2.05, 4.69) is 4.98 Å². The average molecular weight is 510 g/mol. The minimum absolute atomic E-state index is 0.181. The molecule has 0 fully saturated rings. The number of anilines is 1. The molecule has 2 aromatic carbocycles. The largest absolute Gasteiger partial charge is 0.308 e. The Hall–Kier alpha value is -2.34. The number of carbonyl (C=O) groups is 1. The molecular weight excluding hydrogens is 482 g/mol. The van der Waals surface area contributed by atoms with Gasteiger partial charge in [0.1, 0.15) is 0 Å². The first kappa shape index (κ1) is 25.3. The van der Waals surface area contributed by atoms with Crippen molar-refractivity contribution in [1.82, 2.24) is 9.88 Å². The van der Waals surface area contributed by atoms with Gasteiger partial charge in [-0.2, -0.15) is 0 Å². The smallest absolute Gasteiger partial charge is 0.229 e. The molecule has 1 heterocycles. The van der Waals surface area contributed by atoms with E-state index in [0.29, 0.717) is 28.4 Å². The van der Waals surface area contributed by atoms with Crippen LogP contribution in [0.15, 0.2) is 52.3 Å². The Kier molecular flexibility index (Phi) is 7.57. The lowest BCUT2D eigenvalue weighted by atomic mass is 10.2. The van der Waals surface area contributed by atoms with Gasteiger partial charge < -0.3 is 4.90 Å². The maximum atomic E-state index is 13.1. The Balaban J connectivity index is 1.85. The molecule has 11 heteroatoms. The molecule has 33 heavy (non-hydrogen) atoms. The van der Waals surface area contributed by atoms with Gasteiger partial charge in [-0.05, 0) is 51.4 Å². The number of carbonyl (C=O) groups excluding carboxylic acids is 1. The fourth-order valence-corrected chi connectivity index (χ4v) is 6.09. The highest BCUT2D eigenvalue weighted by atomic mass is 32.2. The van der Waals surface area contributed by atoms with E-state index in [1.807, 2.05) is 25.9 Å². The zero-order valence-corrected chi connectivity index (χ0v) is 21.4. The third kappa shape index (κ3) is 6.38. The van der Waals surface area contributed by atoms with Crippen LogP contribution in [-0.4, -0.2) is 71.8 Å². The van der Waals surface area contributed by atoms with Crippen molar-refractivity contribution in [3.05, 3.63) is 48.0 Å². The van der Waals surface area contributed by atoms with Gasteiger partial charge in [0.2, 0.25) is 5.91 Å². The molecule has 8 nitrogen and oxygen atoms in total. The maximum Gasteiger partial charge on any atom is 0.229 e. The molecule has 0 aliphatic rings. The second-order valence-electron chi connectivity index (χ2n) is 8.13. The van der Waals surface area contributed by atoms with Crippen LogP contribution in [0.1, 0.15) is 12.0 Å². The van der Waals surface area contributed by atoms with Gasteiger partial charge in [-0.1, -0.05) is 29.0 Å². The predicted molar refractivity (Wildman–Crippen MR) is 131 cm³/mol. The lowest BCUT2D eigenvalue weighted by Crippen LogP contribution is -2.37. The lowest BCUT2D eigenvalue weighted by Gasteiger charge is -2.22. The molecule has 0 atom stereocenters. The van der Waals surface area contributed by atoms with Crippen LogP contribution in [0.3, 0.4) is 0 Å². The highest BCUT2D eigenvalue weighted by Gasteiger charge is 2.23. The van der Waals surface area contributed by atoms with Crippen molar-refractivity contribution in [2.45, 2.75) is 23.1 Å². The number of sulfone groups is 2. The summed E-state index contributed by atoms with van der Waals surface area (Å²) in [7, 11) is -3.23. The van der Waals surface area contributed by atoms with E-state index in [-0.39, 0.29) is 27.9 Å². The highest BCUT2D eigenvalue weighted by Crippen LogP contribution is 2.31. The van der Waals surface area contributed by atoms with E-state index in [1.165, 1.54) is 22.3 Å². The number of hydrogen-bond acceptors (Lipinski definition) is 8. The van der Waals surface area contributed by atoms with Gasteiger partial charge in [-0.3, -0.25) is 9.69 Å². The van der Waals surface area contributed by atoms with Crippen LogP contribution in [0.4, 0.5) is 5.13 Å². The van der Waals surface area contributed by atoms with E-state index in [9.17, 15) is 21.6 Å². The topological polar surface area (TPSA) is 105 Å². The van der Waals surface area contributed by atoms with Crippen LogP contribution < -0.4 is 4.90 Å². The van der Waals surface area contributed by atoms with Crippen LogP contribution in [-0.2, 0) is 24.5 Å². The van der Waals surface area contributed by atoms with Crippen LogP contribution in [0.25, 0.3) is 10.2 Å². The summed E-state index contributed by atoms with van der Waals surface area (Å²) in [5.74, 6) is -0.661. The SMILES string of the molecule is Cc1ccc(S(=O)(=O)CCC(=O)N(CCN(C)C)c2nc3ccc(S(C)(=O)=O)cc3s2)cc1. The molecule has 0 aliphatic heterocycles. The normalized spacial score (nSPS) is 12.4. The number of nitrogens with zero attached hydrogens (tertiary/aromatic N) is 3. The second-order valence-corrected chi connectivity index (χ2v) is 13.3. The molecule has 1 amide bonds. The number of amides is 1. The molecule has 0 saturated heterocycles. The Morgan fingerprint density at radius 2 is 1.61 bits per heavy atom. The van der Waals surface area contributed by atoms with Gasteiger partial charge in [0.05, 0.1) is 25.8 Å². The van der Waals surface area contributed by atoms with Crippen LogP contribution >= 0.6 is 11.3 Å². The van der Waals surface area contributed by atoms with Crippen molar-refractivity contribution >= 4 is 52.3 Å². The van der Waals surface area contributed by atoms with Gasteiger partial charge >= 0.3 is 0 Å². The fourth-order valence-electron chi connectivity index (χ4n) is 3.09. The third-order valence-corrected chi connectivity index (χ3v) is 8.93. The van der Waals surface area contributed by atoms with Crippen LogP contribution in [0.5, 0.6) is 0 Å². The summed E-state index contributed by atoms with van der Waals surface area (Å²) >= 11 is 1.21. The highest BCUT2D eigenvalue weighted by molar-refractivity contribution is 7.91. The first-order valence-electron chi connectivity index (χ1n) is 10.2. The monoisotopic (exact) mass is 509 g/mol. The minimum Gasteiger partial charge on any atom is -0.308 e. The van der Waals surface area contributed by atoms with Crippen molar-refractivity contribution in [1.29, 1.82) is 0 Å². The molecule has 0 unspecified atom stereocenters. The Labute approximate surface area is 198 Å². The quantitative estimate of drug-likeness (QED) is 0.437. The summed E-state index contributed by atoms with van der Waals surface area (Å²) in [6.45, 7) is 2.76. The number of fused-ring (bicyclic) bond motifs is 1. The Morgan fingerprint density at radius 1 is 0.970 bits per heavy atom. The number of benzene rings is 2. The summed E-state index contributed by atoms with van der Waals surface area (Å²) in [6, 6.07) is 11.2. The third-order valence-electron chi connectivity index (χ3n) is 5.04. The van der Waals surface area contributed by atoms with Crippen molar-refractivity contribution in [2.24, 2.45) is 0 Å². The molecule has 0 aliphatic carbocycles. The van der Waals surface area contributed by atoms with Crippen molar-refractivity contribution < 1.29 is 21.6 Å². The Morgan fingerprint density at radius 3 is 2.21 bits per heavy atom. The number of rotatable bonds is 9. The molecule has 0 spiro atoms. The Bertz CT molecular complexity index is 1360. The van der Waals surface area contributed by atoms with E-state index >= 15 is 0 Å². The maximum absolute atomic E-state index is 13.1. The van der Waals surface area contributed by atoms with E-state index < -0.39 is 19.7 Å². The van der Waals surface area contributed by atoms with Gasteiger partial charge in [0.15, 0.2) is 24.8 Å². The van der Waals surface area contributed by atoms with Gasteiger partial charge in [-0.25, -0.2) is 21.8 Å². The van der Waals surface area contributed by atoms with E-state index in [4.69, 9.17) is 0 Å². The average Bonchev–Trinajstić information content (AvgIpc) is 3.15. The van der Waals surface area contributed by atoms with Crippen molar-refractivity contribution in [2.75, 3.05) is 44.1 Å². The standard InChI is InChI=1S/C22H27N3O5S3/c1-16-5-7-17(8-6-16)33(29,30)14-11-21(26)25(13-12-24(2)3)22-23-19-10-9-18(32(4,27)28)15-20(19)31-22/h5-10,15H,11-14H2,1-4H3. The van der Waals surface area contributed by atoms with Crippen molar-refractivity contribution in [3.63, 3.8) is 0 Å². The number of aromatic nitrogens is 1. The second kappa shape index (κ2) is 9.88. The number of likely N-dealkylation sites (N-methyl/N-ethyl adjacent to an activating group) is 1. The molecule has 0 saturated carbocycles. The van der Waals surface area contributed by atoms with E-state index in [0.717, 1.165) is 11.8 Å². The number of thiazole rings is 1. The molecule has 0 radical (unpaired) electrons.